The Balaban J connectivity index is 2.62. The van der Waals surface area contributed by atoms with E-state index < -0.39 is 21.8 Å². The quantitative estimate of drug-likeness (QED) is 0.362. The Labute approximate surface area is 133 Å². The van der Waals surface area contributed by atoms with Gasteiger partial charge in [-0.3, -0.25) is 4.55 Å². The van der Waals surface area contributed by atoms with Gasteiger partial charge in [0, 0.05) is 9.11 Å². The van der Waals surface area contributed by atoms with Crippen LogP contribution in [0, 0.1) is 3.57 Å². The van der Waals surface area contributed by atoms with Crippen LogP contribution in [0.15, 0.2) is 24.3 Å². The van der Waals surface area contributed by atoms with Crippen LogP contribution in [0.4, 0.5) is 0 Å². The van der Waals surface area contributed by atoms with Crippen molar-refractivity contribution in [3.63, 3.8) is 0 Å². The number of aliphatic hydroxyl groups is 1. The molecule has 1 atom stereocenters. The van der Waals surface area contributed by atoms with Crippen LogP contribution in [0.2, 0.25) is 0 Å². The van der Waals surface area contributed by atoms with E-state index in [0.717, 1.165) is 9.13 Å². The van der Waals surface area contributed by atoms with Gasteiger partial charge in [-0.15, -0.1) is 0 Å². The maximum atomic E-state index is 10.6. The van der Waals surface area contributed by atoms with Crippen molar-refractivity contribution in [1.29, 1.82) is 0 Å². The Morgan fingerprint density at radius 1 is 1.35 bits per heavy atom. The van der Waals surface area contributed by atoms with Gasteiger partial charge in [-0.2, -0.15) is 8.42 Å². The Morgan fingerprint density at radius 3 is 2.50 bits per heavy atom. The molecule has 1 aromatic rings. The summed E-state index contributed by atoms with van der Waals surface area (Å²) < 4.78 is 30.9. The molecule has 1 aromatic carbocycles. The van der Waals surface area contributed by atoms with E-state index in [1.165, 1.54) is 0 Å². The Hall–Kier alpha value is -0.220. The van der Waals surface area contributed by atoms with Crippen LogP contribution in [0.3, 0.4) is 0 Å². The molecule has 1 unspecified atom stereocenters. The van der Waals surface area contributed by atoms with Crippen molar-refractivity contribution in [3.05, 3.63) is 33.4 Å². The molecule has 0 aliphatic heterocycles. The summed E-state index contributed by atoms with van der Waals surface area (Å²) in [5.74, 6) is -0.283. The highest BCUT2D eigenvalue weighted by atomic mass is 127. The average Bonchev–Trinajstić information content (AvgIpc) is 2.33. The number of hydrogen-bond acceptors (Lipinski definition) is 4. The first kappa shape index (κ1) is 17.8. The SMILES string of the molecule is CC(C)(NCCCS(=O)(=O)O)C(O)c1ccccc1I. The van der Waals surface area contributed by atoms with Gasteiger partial charge in [-0.05, 0) is 61.0 Å². The van der Waals surface area contributed by atoms with Gasteiger partial charge >= 0.3 is 0 Å². The molecule has 0 spiro atoms. The van der Waals surface area contributed by atoms with Gasteiger partial charge in [0.2, 0.25) is 0 Å². The summed E-state index contributed by atoms with van der Waals surface area (Å²) in [6, 6.07) is 7.57. The number of nitrogens with one attached hydrogen (secondary N) is 1. The number of benzene rings is 1. The zero-order chi connectivity index (χ0) is 15.4. The number of hydrogen-bond donors (Lipinski definition) is 3. The van der Waals surface area contributed by atoms with Gasteiger partial charge < -0.3 is 10.4 Å². The molecular formula is C13H20INO4S. The Morgan fingerprint density at radius 2 is 1.95 bits per heavy atom. The molecule has 3 N–H and O–H groups in total. The monoisotopic (exact) mass is 413 g/mol. The predicted octanol–water partition coefficient (Wildman–Crippen LogP) is 1.97. The van der Waals surface area contributed by atoms with Gasteiger partial charge in [-0.1, -0.05) is 18.2 Å². The van der Waals surface area contributed by atoms with E-state index >= 15 is 0 Å². The topological polar surface area (TPSA) is 86.6 Å². The lowest BCUT2D eigenvalue weighted by Gasteiger charge is -2.32. The molecule has 0 saturated heterocycles. The lowest BCUT2D eigenvalue weighted by Crippen LogP contribution is -2.45. The van der Waals surface area contributed by atoms with Gasteiger partial charge in [0.25, 0.3) is 10.1 Å². The van der Waals surface area contributed by atoms with Crippen LogP contribution >= 0.6 is 22.6 Å². The molecule has 5 nitrogen and oxygen atoms in total. The van der Waals surface area contributed by atoms with E-state index in [4.69, 9.17) is 4.55 Å². The third-order valence-electron chi connectivity index (χ3n) is 3.04. The second-order valence-corrected chi connectivity index (χ2v) is 7.95. The fourth-order valence-corrected chi connectivity index (χ4v) is 3.04. The molecule has 0 aliphatic rings. The average molecular weight is 413 g/mol. The molecule has 0 aromatic heterocycles. The maximum Gasteiger partial charge on any atom is 0.264 e. The maximum absolute atomic E-state index is 10.6. The van der Waals surface area contributed by atoms with E-state index in [1.54, 1.807) is 0 Å². The lowest BCUT2D eigenvalue weighted by atomic mass is 9.91. The highest BCUT2D eigenvalue weighted by Gasteiger charge is 2.29. The van der Waals surface area contributed by atoms with E-state index in [-0.39, 0.29) is 5.75 Å². The molecule has 0 aliphatic carbocycles. The largest absolute Gasteiger partial charge is 0.386 e. The van der Waals surface area contributed by atoms with Crippen molar-refractivity contribution in [2.24, 2.45) is 0 Å². The highest BCUT2D eigenvalue weighted by molar-refractivity contribution is 14.1. The fraction of sp³-hybridized carbons (Fsp3) is 0.538. The Bertz CT molecular complexity index is 545. The molecule has 0 fully saturated rings. The van der Waals surface area contributed by atoms with Crippen molar-refractivity contribution in [1.82, 2.24) is 5.32 Å². The third-order valence-corrected chi connectivity index (χ3v) is 4.83. The zero-order valence-electron chi connectivity index (χ0n) is 11.5. The summed E-state index contributed by atoms with van der Waals surface area (Å²) in [5, 5.41) is 13.6. The molecule has 0 heterocycles. The number of halogens is 1. The first-order chi connectivity index (χ1) is 9.13. The highest BCUT2D eigenvalue weighted by Crippen LogP contribution is 2.28. The standard InChI is InChI=1S/C13H20INO4S/c1-13(2,15-8-5-9-20(17,18)19)12(16)10-6-3-4-7-11(10)14/h3-4,6-7,12,15-16H,5,8-9H2,1-2H3,(H,17,18,19). The van der Waals surface area contributed by atoms with E-state index in [2.05, 4.69) is 27.9 Å². The normalized spacial score (nSPS) is 14.2. The van der Waals surface area contributed by atoms with Crippen LogP contribution in [0.5, 0.6) is 0 Å². The van der Waals surface area contributed by atoms with Crippen molar-refractivity contribution in [2.75, 3.05) is 12.3 Å². The fourth-order valence-electron chi connectivity index (χ4n) is 1.85. The van der Waals surface area contributed by atoms with Crippen molar-refractivity contribution < 1.29 is 18.1 Å². The molecule has 0 amide bonds. The molecule has 20 heavy (non-hydrogen) atoms. The van der Waals surface area contributed by atoms with Crippen LogP contribution < -0.4 is 5.32 Å². The summed E-state index contributed by atoms with van der Waals surface area (Å²) in [6.45, 7) is 4.11. The van der Waals surface area contributed by atoms with E-state index in [1.807, 2.05) is 38.1 Å². The minimum absolute atomic E-state index is 0.283. The smallest absolute Gasteiger partial charge is 0.264 e. The summed E-state index contributed by atoms with van der Waals surface area (Å²) in [7, 11) is -3.92. The number of aliphatic hydroxyl groups excluding tert-OH is 1. The lowest BCUT2D eigenvalue weighted by molar-refractivity contribution is 0.0799. The van der Waals surface area contributed by atoms with Gasteiger partial charge in [0.05, 0.1) is 11.9 Å². The first-order valence-corrected chi connectivity index (χ1v) is 8.95. The van der Waals surface area contributed by atoms with Crippen molar-refractivity contribution >= 4 is 32.7 Å². The van der Waals surface area contributed by atoms with Gasteiger partial charge in [0.15, 0.2) is 0 Å². The van der Waals surface area contributed by atoms with Crippen molar-refractivity contribution in [3.8, 4) is 0 Å². The Kier molecular flexibility index (Phi) is 6.39. The van der Waals surface area contributed by atoms with Gasteiger partial charge in [0.1, 0.15) is 0 Å². The van der Waals surface area contributed by atoms with Crippen LogP contribution in [-0.4, -0.2) is 35.9 Å². The first-order valence-electron chi connectivity index (χ1n) is 6.26. The molecule has 114 valence electrons. The number of rotatable bonds is 7. The van der Waals surface area contributed by atoms with Crippen LogP contribution in [0.1, 0.15) is 31.9 Å². The van der Waals surface area contributed by atoms with Gasteiger partial charge in [-0.25, -0.2) is 0 Å². The summed E-state index contributed by atoms with van der Waals surface area (Å²) in [4.78, 5) is 0. The molecule has 0 radical (unpaired) electrons. The molecule has 0 saturated carbocycles. The summed E-state index contributed by atoms with van der Waals surface area (Å²) in [5.41, 5.74) is 0.237. The van der Waals surface area contributed by atoms with Crippen LogP contribution in [0.25, 0.3) is 0 Å². The predicted molar refractivity (Wildman–Crippen MR) is 87.2 cm³/mol. The third kappa shape index (κ3) is 5.65. The molecule has 0 bridgehead atoms. The molecule has 7 heteroatoms. The zero-order valence-corrected chi connectivity index (χ0v) is 14.5. The molecular weight excluding hydrogens is 393 g/mol. The minimum Gasteiger partial charge on any atom is -0.386 e. The minimum atomic E-state index is -3.92. The second-order valence-electron chi connectivity index (χ2n) is 5.21. The van der Waals surface area contributed by atoms with Crippen LogP contribution in [-0.2, 0) is 10.1 Å². The van der Waals surface area contributed by atoms with E-state index in [9.17, 15) is 13.5 Å². The summed E-state index contributed by atoms with van der Waals surface area (Å²) >= 11 is 2.17. The van der Waals surface area contributed by atoms with Crippen molar-refractivity contribution in [2.45, 2.75) is 31.9 Å². The molecule has 1 rings (SSSR count). The van der Waals surface area contributed by atoms with E-state index in [0.29, 0.717) is 13.0 Å². The second kappa shape index (κ2) is 7.17. The summed E-state index contributed by atoms with van der Waals surface area (Å²) in [6.07, 6.45) is -0.415.